The monoisotopic (exact) mass is 845 g/mol. The maximum Gasteiger partial charge on any atom is 0.137 e. The molecule has 2 saturated heterocycles. The molecule has 61 heavy (non-hydrogen) atoms. The van der Waals surface area contributed by atoms with Gasteiger partial charge >= 0.3 is 0 Å². The number of hydrogen-bond donors (Lipinski definition) is 1. The summed E-state index contributed by atoms with van der Waals surface area (Å²) in [5.74, 6) is 0.866. The van der Waals surface area contributed by atoms with Crippen LogP contribution in [0.3, 0.4) is 0 Å². The first kappa shape index (κ1) is 41.2. The van der Waals surface area contributed by atoms with E-state index in [0.717, 1.165) is 45.1 Å². The molecule has 0 aliphatic carbocycles. The van der Waals surface area contributed by atoms with Gasteiger partial charge in [-0.15, -0.1) is 0 Å². The highest BCUT2D eigenvalue weighted by atomic mass is 32.2. The average molecular weight is 846 g/mol. The second-order valence-corrected chi connectivity index (χ2v) is 19.2. The molecule has 4 aromatic carbocycles. The zero-order chi connectivity index (χ0) is 42.1. The molecule has 0 unspecified atom stereocenters. The zero-order valence-corrected chi connectivity index (χ0v) is 36.8. The highest BCUT2D eigenvalue weighted by Crippen LogP contribution is 2.40. The molecular weight excluding hydrogens is 795 g/mol. The Hall–Kier alpha value is -5.15. The lowest BCUT2D eigenvalue weighted by molar-refractivity contribution is -0.0680. The van der Waals surface area contributed by atoms with E-state index in [2.05, 4.69) is 137 Å². The van der Waals surface area contributed by atoms with Gasteiger partial charge in [-0.3, -0.25) is 8.80 Å². The van der Waals surface area contributed by atoms with Crippen LogP contribution >= 0.6 is 23.5 Å². The van der Waals surface area contributed by atoms with Gasteiger partial charge in [0.05, 0.1) is 28.1 Å². The molecule has 10 rings (SSSR count). The quantitative estimate of drug-likeness (QED) is 0.161. The van der Waals surface area contributed by atoms with Gasteiger partial charge in [-0.05, 0) is 108 Å². The molecule has 0 bridgehead atoms. The molecule has 10 heteroatoms. The van der Waals surface area contributed by atoms with Crippen molar-refractivity contribution in [3.63, 3.8) is 0 Å². The summed E-state index contributed by atoms with van der Waals surface area (Å²) in [7, 11) is 0. The van der Waals surface area contributed by atoms with Crippen LogP contribution in [0.1, 0.15) is 87.5 Å². The predicted octanol–water partition coefficient (Wildman–Crippen LogP) is 12.1. The molecule has 2 fully saturated rings. The maximum absolute atomic E-state index is 11.1. The predicted molar refractivity (Wildman–Crippen MR) is 246 cm³/mol. The third-order valence-electron chi connectivity index (χ3n) is 12.3. The van der Waals surface area contributed by atoms with Crippen LogP contribution in [0.5, 0.6) is 0 Å². The van der Waals surface area contributed by atoms with Crippen LogP contribution in [-0.4, -0.2) is 50.3 Å². The Kier molecular flexibility index (Phi) is 11.7. The standard InChI is InChI=1S/C26H25N3OS.C25H26N2O2S/c1-18(2)23-16-25-28-10-11-29(25)24-15-21(6-7-22(23)24)31-20-5-3-4-19(14-20)26(17-27)8-12-30-13-9-26;1-17(2)22-16-24-26-10-11-27(24)23-15-20(6-7-21(22)23)30-19-5-3-4-18(14-19)25(28)8-12-29-13-9-25/h3-7,10-11,14-16,18H,8-9,12-13H2,1-2H3;3-7,10-11,14-17,28H,8-9,12-13H2,1-2H3. The van der Waals surface area contributed by atoms with Crippen molar-refractivity contribution >= 4 is 56.6 Å². The molecule has 4 aromatic heterocycles. The number of imidazole rings is 2. The van der Waals surface area contributed by atoms with E-state index in [4.69, 9.17) is 9.47 Å². The van der Waals surface area contributed by atoms with Crippen molar-refractivity contribution in [1.29, 1.82) is 5.26 Å². The number of benzene rings is 4. The van der Waals surface area contributed by atoms with Crippen LogP contribution in [0.15, 0.2) is 141 Å². The lowest BCUT2D eigenvalue weighted by atomic mass is 9.75. The van der Waals surface area contributed by atoms with Crippen molar-refractivity contribution in [3.05, 3.63) is 144 Å². The van der Waals surface area contributed by atoms with Crippen molar-refractivity contribution in [2.24, 2.45) is 0 Å². The molecule has 2 aliphatic rings. The zero-order valence-electron chi connectivity index (χ0n) is 35.2. The Labute approximate surface area is 365 Å². The van der Waals surface area contributed by atoms with Gasteiger partial charge in [-0.2, -0.15) is 5.26 Å². The van der Waals surface area contributed by atoms with Gasteiger partial charge in [0.2, 0.25) is 0 Å². The number of nitrogens with zero attached hydrogens (tertiary/aromatic N) is 5. The normalized spacial score (nSPS) is 16.3. The van der Waals surface area contributed by atoms with E-state index in [-0.39, 0.29) is 0 Å². The molecule has 0 spiro atoms. The van der Waals surface area contributed by atoms with Gasteiger partial charge < -0.3 is 14.6 Å². The second-order valence-electron chi connectivity index (χ2n) is 16.9. The van der Waals surface area contributed by atoms with Gasteiger partial charge in [-0.1, -0.05) is 87.6 Å². The summed E-state index contributed by atoms with van der Waals surface area (Å²) >= 11 is 3.47. The fourth-order valence-electron chi connectivity index (χ4n) is 8.84. The highest BCUT2D eigenvalue weighted by Gasteiger charge is 2.35. The van der Waals surface area contributed by atoms with Crippen molar-refractivity contribution in [2.75, 3.05) is 26.4 Å². The molecule has 1 N–H and O–H groups in total. The van der Waals surface area contributed by atoms with E-state index < -0.39 is 11.0 Å². The van der Waals surface area contributed by atoms with E-state index in [0.29, 0.717) is 51.1 Å². The van der Waals surface area contributed by atoms with E-state index in [9.17, 15) is 10.4 Å². The molecule has 310 valence electrons. The second kappa shape index (κ2) is 17.3. The Morgan fingerprint density at radius 2 is 1.07 bits per heavy atom. The van der Waals surface area contributed by atoms with Crippen LogP contribution in [0, 0.1) is 11.3 Å². The minimum Gasteiger partial charge on any atom is -0.385 e. The molecule has 6 heterocycles. The first-order valence-electron chi connectivity index (χ1n) is 21.3. The number of hydrogen-bond acceptors (Lipinski definition) is 8. The molecule has 0 amide bonds. The fourth-order valence-corrected chi connectivity index (χ4v) is 10.7. The SMILES string of the molecule is CC(C)c1cc2nccn2c2cc(Sc3cccc(C4(C#N)CCOCC4)c3)ccc12.CC(C)c1cc2nccn2c2cc(Sc3cccc(C4(O)CCOCC4)c3)ccc12. The molecule has 0 radical (unpaired) electrons. The van der Waals surface area contributed by atoms with Crippen LogP contribution < -0.4 is 0 Å². The van der Waals surface area contributed by atoms with E-state index in [1.165, 1.54) is 42.7 Å². The minimum atomic E-state index is -0.784. The van der Waals surface area contributed by atoms with Crippen molar-refractivity contribution < 1.29 is 14.6 Å². The Bertz CT molecular complexity index is 2900. The summed E-state index contributed by atoms with van der Waals surface area (Å²) in [5, 5.41) is 23.5. The molecule has 8 nitrogen and oxygen atoms in total. The van der Waals surface area contributed by atoms with Crippen LogP contribution in [-0.2, 0) is 20.5 Å². The average Bonchev–Trinajstić information content (AvgIpc) is 3.97. The first-order chi connectivity index (χ1) is 29.6. The van der Waals surface area contributed by atoms with Gasteiger partial charge in [0.25, 0.3) is 0 Å². The lowest BCUT2D eigenvalue weighted by Crippen LogP contribution is -2.33. The van der Waals surface area contributed by atoms with Crippen LogP contribution in [0.25, 0.3) is 33.1 Å². The number of pyridine rings is 2. The number of aromatic nitrogens is 4. The Morgan fingerprint density at radius 3 is 1.56 bits per heavy atom. The molecule has 0 atom stereocenters. The highest BCUT2D eigenvalue weighted by molar-refractivity contribution is 7.99. The van der Waals surface area contributed by atoms with E-state index in [1.807, 2.05) is 36.9 Å². The van der Waals surface area contributed by atoms with E-state index >= 15 is 0 Å². The maximum atomic E-state index is 11.1. The first-order valence-corrected chi connectivity index (χ1v) is 22.9. The molecule has 2 aliphatic heterocycles. The van der Waals surface area contributed by atoms with Gasteiger partial charge in [0.15, 0.2) is 0 Å². The summed E-state index contributed by atoms with van der Waals surface area (Å²) in [4.78, 5) is 13.7. The molecular formula is C51H51N5O3S2. The Balaban J connectivity index is 0.000000156. The van der Waals surface area contributed by atoms with Crippen LogP contribution in [0.4, 0.5) is 0 Å². The van der Waals surface area contributed by atoms with Crippen molar-refractivity contribution in [2.45, 2.75) is 95.8 Å². The largest absolute Gasteiger partial charge is 0.385 e. The minimum absolute atomic E-state index is 0.432. The Morgan fingerprint density at radius 1 is 0.607 bits per heavy atom. The van der Waals surface area contributed by atoms with Crippen molar-refractivity contribution in [1.82, 2.24) is 18.8 Å². The third-order valence-corrected chi connectivity index (χ3v) is 14.3. The molecule has 0 saturated carbocycles. The third kappa shape index (κ3) is 8.30. The number of ether oxygens (including phenoxy) is 2. The summed E-state index contributed by atoms with van der Waals surface area (Å²) in [6.45, 7) is 11.4. The summed E-state index contributed by atoms with van der Waals surface area (Å²) < 4.78 is 15.3. The van der Waals surface area contributed by atoms with Gasteiger partial charge in [0.1, 0.15) is 11.3 Å². The van der Waals surface area contributed by atoms with Gasteiger partial charge in [-0.25, -0.2) is 9.97 Å². The number of fused-ring (bicyclic) bond motifs is 6. The summed E-state index contributed by atoms with van der Waals surface area (Å²) in [6, 6.07) is 37.1. The smallest absolute Gasteiger partial charge is 0.137 e. The number of rotatable bonds is 8. The summed E-state index contributed by atoms with van der Waals surface area (Å²) in [6.07, 6.45) is 10.6. The topological polar surface area (TPSA) is 97.1 Å². The van der Waals surface area contributed by atoms with E-state index in [1.54, 1.807) is 23.5 Å². The fraction of sp³-hybridized carbons (Fsp3) is 0.314. The number of aliphatic hydroxyl groups is 1. The summed E-state index contributed by atoms with van der Waals surface area (Å²) in [5.41, 5.74) is 7.83. The van der Waals surface area contributed by atoms with Gasteiger partial charge in [0, 0.05) is 94.4 Å². The lowest BCUT2D eigenvalue weighted by Gasteiger charge is -2.32. The number of nitriles is 1. The molecule has 8 aromatic rings. The van der Waals surface area contributed by atoms with Crippen LogP contribution in [0.2, 0.25) is 0 Å². The van der Waals surface area contributed by atoms with Crippen molar-refractivity contribution in [3.8, 4) is 6.07 Å².